The van der Waals surface area contributed by atoms with Crippen LogP contribution in [0.2, 0.25) is 0 Å². The van der Waals surface area contributed by atoms with Gasteiger partial charge in [0.25, 0.3) is 11.4 Å². The minimum absolute atomic E-state index is 0.0489. The van der Waals surface area contributed by atoms with E-state index in [1.165, 1.54) is 58.3 Å². The molecule has 2 heterocycles. The van der Waals surface area contributed by atoms with E-state index in [1.807, 2.05) is 0 Å². The van der Waals surface area contributed by atoms with Crippen LogP contribution in [0.4, 0.5) is 21.0 Å². The Balaban J connectivity index is 1.21. The van der Waals surface area contributed by atoms with Crippen LogP contribution in [0.3, 0.4) is 0 Å². The predicted octanol–water partition coefficient (Wildman–Crippen LogP) is 2.65. The number of likely N-dealkylation sites (tertiary alicyclic amines) is 2. The van der Waals surface area contributed by atoms with Crippen molar-refractivity contribution < 1.29 is 33.7 Å². The van der Waals surface area contributed by atoms with E-state index in [2.05, 4.69) is 17.9 Å². The van der Waals surface area contributed by atoms with Gasteiger partial charge in [0.1, 0.15) is 19.3 Å². The van der Waals surface area contributed by atoms with Gasteiger partial charge in [-0.1, -0.05) is 0 Å². The van der Waals surface area contributed by atoms with Gasteiger partial charge in [0.15, 0.2) is 0 Å². The number of rotatable bonds is 8. The zero-order valence-electron chi connectivity index (χ0n) is 20.5. The maximum atomic E-state index is 12.9. The third-order valence-electron chi connectivity index (χ3n) is 6.32. The fraction of sp³-hybridized carbons (Fsp3) is 0.375. The highest BCUT2D eigenvalue weighted by atomic mass is 32.1. The van der Waals surface area contributed by atoms with E-state index in [9.17, 15) is 34.6 Å². The molecule has 4 rings (SSSR count). The van der Waals surface area contributed by atoms with Crippen LogP contribution < -0.4 is 5.32 Å². The van der Waals surface area contributed by atoms with Gasteiger partial charge in [-0.3, -0.25) is 29.9 Å². The second-order valence-corrected chi connectivity index (χ2v) is 9.85. The van der Waals surface area contributed by atoms with Crippen LogP contribution in [0.1, 0.15) is 17.5 Å². The normalized spacial score (nSPS) is 18.7. The van der Waals surface area contributed by atoms with Crippen molar-refractivity contribution >= 4 is 42.1 Å². The number of nitro benzene ring substituents is 2. The van der Waals surface area contributed by atoms with Gasteiger partial charge >= 0.3 is 12.2 Å². The predicted molar refractivity (Wildman–Crippen MR) is 138 cm³/mol. The number of nitrogens with zero attached hydrogens (tertiary/aromatic N) is 4. The Morgan fingerprint density at radius 3 is 1.82 bits per heavy atom. The Hall–Kier alpha value is -4.40. The Labute approximate surface area is 227 Å². The molecule has 2 atom stereocenters. The van der Waals surface area contributed by atoms with Crippen LogP contribution in [0.25, 0.3) is 0 Å². The average Bonchev–Trinajstić information content (AvgIpc) is 3.30. The minimum atomic E-state index is -0.792. The van der Waals surface area contributed by atoms with Crippen LogP contribution in [0, 0.1) is 20.2 Å². The first kappa shape index (κ1) is 27.6. The molecule has 2 aliphatic heterocycles. The SMILES string of the molecule is O=C(NC1CN(C(=O)OCc2ccc([N+](=O)[O-])cc2)C1)[C@@H]1C[C@H](S)CN1C(=O)OCc1ccc([N+](=O)[O-])cc1. The van der Waals surface area contributed by atoms with Crippen LogP contribution in [-0.2, 0) is 27.5 Å². The van der Waals surface area contributed by atoms with Crippen molar-refractivity contribution in [3.8, 4) is 0 Å². The van der Waals surface area contributed by atoms with Gasteiger partial charge in [-0.05, 0) is 41.8 Å². The quantitative estimate of drug-likeness (QED) is 0.280. The number of amides is 3. The summed E-state index contributed by atoms with van der Waals surface area (Å²) in [6.07, 6.45) is -0.948. The fourth-order valence-electron chi connectivity index (χ4n) is 4.17. The van der Waals surface area contributed by atoms with Crippen LogP contribution in [0.15, 0.2) is 48.5 Å². The van der Waals surface area contributed by atoms with Gasteiger partial charge in [0, 0.05) is 49.1 Å². The van der Waals surface area contributed by atoms with Crippen molar-refractivity contribution in [1.29, 1.82) is 0 Å². The maximum absolute atomic E-state index is 12.9. The molecule has 3 amide bonds. The third kappa shape index (κ3) is 6.93. The van der Waals surface area contributed by atoms with E-state index in [0.29, 0.717) is 17.5 Å². The number of thiol groups is 1. The van der Waals surface area contributed by atoms with E-state index < -0.39 is 28.1 Å². The number of nitrogens with one attached hydrogen (secondary N) is 1. The average molecular weight is 560 g/mol. The van der Waals surface area contributed by atoms with Gasteiger partial charge in [0.2, 0.25) is 5.91 Å². The maximum Gasteiger partial charge on any atom is 0.410 e. The van der Waals surface area contributed by atoms with Crippen LogP contribution >= 0.6 is 12.6 Å². The molecular formula is C24H25N5O9S. The van der Waals surface area contributed by atoms with Crippen molar-refractivity contribution in [2.45, 2.75) is 37.0 Å². The van der Waals surface area contributed by atoms with Crippen LogP contribution in [-0.4, -0.2) is 74.7 Å². The summed E-state index contributed by atoms with van der Waals surface area (Å²) in [5.74, 6) is -0.386. The number of carbonyl (C=O) groups is 3. The zero-order valence-corrected chi connectivity index (χ0v) is 21.4. The standard InChI is InChI=1S/C24H25N5O9S/c30-22(25-17-10-26(11-17)23(31)37-13-15-1-5-18(6-2-15)28(33)34)21-9-20(39)12-27(21)24(32)38-14-16-3-7-19(8-4-16)29(35)36/h1-8,17,20-21,39H,9-14H2,(H,25,30)/t20-,21-/m0/s1. The lowest BCUT2D eigenvalue weighted by atomic mass is 10.1. The molecule has 1 N–H and O–H groups in total. The number of hydrogen-bond acceptors (Lipinski definition) is 10. The van der Waals surface area contributed by atoms with E-state index >= 15 is 0 Å². The molecule has 2 aliphatic rings. The monoisotopic (exact) mass is 559 g/mol. The molecule has 0 unspecified atom stereocenters. The lowest BCUT2D eigenvalue weighted by Crippen LogP contribution is -2.63. The van der Waals surface area contributed by atoms with Crippen molar-refractivity contribution in [1.82, 2.24) is 15.1 Å². The largest absolute Gasteiger partial charge is 0.445 e. The highest BCUT2D eigenvalue weighted by Crippen LogP contribution is 2.24. The molecular weight excluding hydrogens is 534 g/mol. The zero-order chi connectivity index (χ0) is 28.1. The number of carbonyl (C=O) groups excluding carboxylic acids is 3. The smallest absolute Gasteiger partial charge is 0.410 e. The molecule has 0 saturated carbocycles. The molecule has 15 heteroatoms. The first-order valence-corrected chi connectivity index (χ1v) is 12.4. The topological polar surface area (TPSA) is 174 Å². The van der Waals surface area contributed by atoms with Gasteiger partial charge in [-0.15, -0.1) is 0 Å². The lowest BCUT2D eigenvalue weighted by molar-refractivity contribution is -0.385. The van der Waals surface area contributed by atoms with Gasteiger partial charge in [-0.2, -0.15) is 12.6 Å². The number of ether oxygens (including phenoxy) is 2. The third-order valence-corrected chi connectivity index (χ3v) is 6.70. The van der Waals surface area contributed by atoms with Crippen molar-refractivity contribution in [2.24, 2.45) is 0 Å². The Kier molecular flexibility index (Phi) is 8.49. The molecule has 0 aromatic heterocycles. The summed E-state index contributed by atoms with van der Waals surface area (Å²) in [5, 5.41) is 24.1. The second kappa shape index (κ2) is 12.0. The van der Waals surface area contributed by atoms with Gasteiger partial charge < -0.3 is 19.7 Å². The van der Waals surface area contributed by atoms with Crippen molar-refractivity contribution in [3.63, 3.8) is 0 Å². The number of hydrogen-bond donors (Lipinski definition) is 2. The summed E-state index contributed by atoms with van der Waals surface area (Å²) in [6, 6.07) is 10.1. The molecule has 2 aromatic rings. The summed E-state index contributed by atoms with van der Waals surface area (Å²) < 4.78 is 10.5. The lowest BCUT2D eigenvalue weighted by Gasteiger charge is -2.39. The molecule has 39 heavy (non-hydrogen) atoms. The summed E-state index contributed by atoms with van der Waals surface area (Å²) in [7, 11) is 0. The van der Waals surface area contributed by atoms with E-state index in [-0.39, 0.29) is 61.4 Å². The van der Waals surface area contributed by atoms with Crippen molar-refractivity contribution in [3.05, 3.63) is 79.9 Å². The summed E-state index contributed by atoms with van der Waals surface area (Å²) >= 11 is 4.41. The fourth-order valence-corrected chi connectivity index (χ4v) is 4.55. The molecule has 14 nitrogen and oxygen atoms in total. The Bertz CT molecular complexity index is 1250. The van der Waals surface area contributed by atoms with Crippen LogP contribution in [0.5, 0.6) is 0 Å². The molecule has 2 aromatic carbocycles. The molecule has 0 bridgehead atoms. The summed E-state index contributed by atoms with van der Waals surface area (Å²) in [4.78, 5) is 61.0. The van der Waals surface area contributed by atoms with E-state index in [1.54, 1.807) is 0 Å². The van der Waals surface area contributed by atoms with E-state index in [0.717, 1.165) is 0 Å². The first-order valence-electron chi connectivity index (χ1n) is 11.9. The number of benzene rings is 2. The Morgan fingerprint density at radius 2 is 1.33 bits per heavy atom. The van der Waals surface area contributed by atoms with Gasteiger partial charge in [0.05, 0.1) is 15.9 Å². The molecule has 0 radical (unpaired) electrons. The molecule has 0 aliphatic carbocycles. The number of nitro groups is 2. The highest BCUT2D eigenvalue weighted by Gasteiger charge is 2.41. The summed E-state index contributed by atoms with van der Waals surface area (Å²) in [5.41, 5.74) is 1.02. The molecule has 206 valence electrons. The second-order valence-electron chi connectivity index (χ2n) is 9.12. The first-order chi connectivity index (χ1) is 18.6. The molecule has 2 fully saturated rings. The minimum Gasteiger partial charge on any atom is -0.445 e. The van der Waals surface area contributed by atoms with E-state index in [4.69, 9.17) is 9.47 Å². The van der Waals surface area contributed by atoms with Crippen molar-refractivity contribution in [2.75, 3.05) is 19.6 Å². The molecule has 0 spiro atoms. The van der Waals surface area contributed by atoms with Gasteiger partial charge in [-0.25, -0.2) is 9.59 Å². The number of non-ortho nitro benzene ring substituents is 2. The summed E-state index contributed by atoms with van der Waals surface area (Å²) in [6.45, 7) is 0.510. The Morgan fingerprint density at radius 1 is 0.846 bits per heavy atom. The molecule has 2 saturated heterocycles. The highest BCUT2D eigenvalue weighted by molar-refractivity contribution is 7.81.